The summed E-state index contributed by atoms with van der Waals surface area (Å²) in [5.41, 5.74) is 4.97. The van der Waals surface area contributed by atoms with Crippen molar-refractivity contribution in [1.82, 2.24) is 15.2 Å². The van der Waals surface area contributed by atoms with Crippen LogP contribution in [0.3, 0.4) is 0 Å². The number of aromatic nitrogens is 1. The molecule has 1 saturated heterocycles. The van der Waals surface area contributed by atoms with Crippen molar-refractivity contribution >= 4 is 39.0 Å². The van der Waals surface area contributed by atoms with E-state index in [1.807, 2.05) is 0 Å². The number of carbonyl (C=O) groups excluding carboxylic acids is 3. The van der Waals surface area contributed by atoms with Crippen molar-refractivity contribution in [3.8, 4) is 5.75 Å². The van der Waals surface area contributed by atoms with Crippen LogP contribution in [0.2, 0.25) is 0 Å². The van der Waals surface area contributed by atoms with E-state index in [2.05, 4.69) is 10.3 Å². The zero-order valence-corrected chi connectivity index (χ0v) is 23.8. The minimum absolute atomic E-state index is 0.0746. The van der Waals surface area contributed by atoms with Crippen LogP contribution in [0, 0.1) is 0 Å². The maximum Gasteiger partial charge on any atom is 0.326 e. The van der Waals surface area contributed by atoms with Crippen LogP contribution >= 0.6 is 11.3 Å². The highest BCUT2D eigenvalue weighted by atomic mass is 32.2. The Labute approximate surface area is 236 Å². The third kappa shape index (κ3) is 5.19. The summed E-state index contributed by atoms with van der Waals surface area (Å²) in [5.74, 6) is -2.30. The summed E-state index contributed by atoms with van der Waals surface area (Å²) >= 11 is 0.858. The zero-order valence-electron chi connectivity index (χ0n) is 22.2. The molecular formula is C27H30N4O7S2. The highest BCUT2D eigenvalue weighted by molar-refractivity contribution is 7.91. The fourth-order valence-corrected chi connectivity index (χ4v) is 6.93. The number of carbonyl (C=O) groups is 3. The highest BCUT2D eigenvalue weighted by Gasteiger charge is 2.60. The minimum Gasteiger partial charge on any atom is -0.491 e. The smallest absolute Gasteiger partial charge is 0.326 e. The molecular weight excluding hydrogens is 556 g/mol. The third-order valence-electron chi connectivity index (χ3n) is 6.87. The van der Waals surface area contributed by atoms with Crippen LogP contribution in [0.1, 0.15) is 41.9 Å². The molecule has 0 bridgehead atoms. The second-order valence-electron chi connectivity index (χ2n) is 9.12. The number of methoxy groups -OCH3 is 1. The molecule has 2 unspecified atom stereocenters. The quantitative estimate of drug-likeness (QED) is 0.242. The lowest BCUT2D eigenvalue weighted by Gasteiger charge is -2.40. The molecule has 11 nitrogen and oxygen atoms in total. The van der Waals surface area contributed by atoms with Gasteiger partial charge in [0.05, 0.1) is 12.4 Å². The molecule has 40 heavy (non-hydrogen) atoms. The number of benzene rings is 2. The summed E-state index contributed by atoms with van der Waals surface area (Å²) in [6.07, 6.45) is 0. The number of rotatable bonds is 12. The van der Waals surface area contributed by atoms with Crippen molar-refractivity contribution in [3.05, 3.63) is 76.1 Å². The lowest BCUT2D eigenvalue weighted by Crippen LogP contribution is -2.60. The number of hydrogen-bond acceptors (Lipinski definition) is 9. The Bertz CT molecular complexity index is 1490. The second-order valence-corrected chi connectivity index (χ2v) is 12.2. The van der Waals surface area contributed by atoms with E-state index in [-0.39, 0.29) is 15.8 Å². The Kier molecular flexibility index (Phi) is 8.57. The van der Waals surface area contributed by atoms with E-state index < -0.39 is 45.2 Å². The maximum atomic E-state index is 14.0. The molecule has 0 spiro atoms. The van der Waals surface area contributed by atoms with Crippen molar-refractivity contribution < 1.29 is 32.3 Å². The summed E-state index contributed by atoms with van der Waals surface area (Å²) in [5, 5.41) is 3.62. The molecule has 1 aliphatic heterocycles. The van der Waals surface area contributed by atoms with Gasteiger partial charge < -0.3 is 20.5 Å². The van der Waals surface area contributed by atoms with Gasteiger partial charge in [0.1, 0.15) is 23.4 Å². The molecule has 212 valence electrons. The van der Waals surface area contributed by atoms with E-state index in [9.17, 15) is 22.8 Å². The molecule has 3 aromatic rings. The molecule has 4 rings (SSSR count). The first kappa shape index (κ1) is 29.2. The number of nitrogens with two attached hydrogens (primary N) is 1. The molecule has 4 amide bonds. The predicted molar refractivity (Wildman–Crippen MR) is 148 cm³/mol. The van der Waals surface area contributed by atoms with Gasteiger partial charge in [0.25, 0.3) is 11.8 Å². The normalized spacial score (nSPS) is 17.8. The summed E-state index contributed by atoms with van der Waals surface area (Å²) in [6, 6.07) is 13.3. The topological polar surface area (TPSA) is 158 Å². The fourth-order valence-electron chi connectivity index (χ4n) is 4.65. The molecule has 2 heterocycles. The molecule has 3 atom stereocenters. The second kappa shape index (κ2) is 11.7. The van der Waals surface area contributed by atoms with Crippen LogP contribution in [0.5, 0.6) is 5.75 Å². The van der Waals surface area contributed by atoms with E-state index in [4.69, 9.17) is 15.2 Å². The number of hydrogen-bond donors (Lipinski definition) is 2. The summed E-state index contributed by atoms with van der Waals surface area (Å²) in [7, 11) is -2.19. The SMILES string of the molecule is CCS(=O)(=O)c1csc(C(C(N)=O)(C(C)c2ccccc2)N2C(=O)N[C@H](c3ccc(OCCOC)cc3)C2=O)n1. The van der Waals surface area contributed by atoms with Crippen LogP contribution in [-0.4, -0.2) is 62.2 Å². The minimum atomic E-state index is -3.75. The molecule has 2 aromatic carbocycles. The van der Waals surface area contributed by atoms with Gasteiger partial charge in [-0.1, -0.05) is 56.3 Å². The number of ether oxygens (including phenoxy) is 2. The van der Waals surface area contributed by atoms with Crippen molar-refractivity contribution in [1.29, 1.82) is 0 Å². The van der Waals surface area contributed by atoms with Gasteiger partial charge in [-0.3, -0.25) is 9.59 Å². The van der Waals surface area contributed by atoms with E-state index >= 15 is 0 Å². The first-order chi connectivity index (χ1) is 19.1. The summed E-state index contributed by atoms with van der Waals surface area (Å²) in [4.78, 5) is 46.1. The first-order valence-corrected chi connectivity index (χ1v) is 15.0. The van der Waals surface area contributed by atoms with Gasteiger partial charge >= 0.3 is 6.03 Å². The molecule has 3 N–H and O–H groups in total. The Morgan fingerprint density at radius 2 is 1.82 bits per heavy atom. The summed E-state index contributed by atoms with van der Waals surface area (Å²) < 4.78 is 35.7. The molecule has 0 saturated carbocycles. The number of imide groups is 1. The number of sulfone groups is 1. The highest BCUT2D eigenvalue weighted by Crippen LogP contribution is 2.46. The van der Waals surface area contributed by atoms with Gasteiger partial charge in [-0.2, -0.15) is 0 Å². The molecule has 0 radical (unpaired) electrons. The van der Waals surface area contributed by atoms with Crippen molar-refractivity contribution in [3.63, 3.8) is 0 Å². The molecule has 1 fully saturated rings. The van der Waals surface area contributed by atoms with Crippen LogP contribution in [0.25, 0.3) is 0 Å². The van der Waals surface area contributed by atoms with Gasteiger partial charge in [0, 0.05) is 18.4 Å². The molecule has 13 heteroatoms. The molecule has 1 aliphatic rings. The largest absolute Gasteiger partial charge is 0.491 e. The number of nitrogens with zero attached hydrogens (tertiary/aromatic N) is 2. The number of primary amides is 1. The Hall–Kier alpha value is -3.81. The summed E-state index contributed by atoms with van der Waals surface area (Å²) in [6.45, 7) is 3.86. The fraction of sp³-hybridized carbons (Fsp3) is 0.333. The van der Waals surface area contributed by atoms with Crippen molar-refractivity contribution in [2.75, 3.05) is 26.1 Å². The maximum absolute atomic E-state index is 14.0. The van der Waals surface area contributed by atoms with Crippen LogP contribution < -0.4 is 15.8 Å². The zero-order chi connectivity index (χ0) is 29.1. The monoisotopic (exact) mass is 586 g/mol. The van der Waals surface area contributed by atoms with Crippen molar-refractivity contribution in [2.45, 2.75) is 36.4 Å². The Morgan fingerprint density at radius 3 is 2.42 bits per heavy atom. The predicted octanol–water partition coefficient (Wildman–Crippen LogP) is 2.74. The van der Waals surface area contributed by atoms with Gasteiger partial charge in [-0.15, -0.1) is 11.3 Å². The average molecular weight is 587 g/mol. The van der Waals surface area contributed by atoms with Crippen LogP contribution in [-0.2, 0) is 29.7 Å². The lowest BCUT2D eigenvalue weighted by molar-refractivity contribution is -0.142. The average Bonchev–Trinajstić information content (AvgIpc) is 3.56. The van der Waals surface area contributed by atoms with Crippen LogP contribution in [0.4, 0.5) is 4.79 Å². The van der Waals surface area contributed by atoms with E-state index in [0.29, 0.717) is 30.1 Å². The number of urea groups is 1. The van der Waals surface area contributed by atoms with Gasteiger partial charge in [0.2, 0.25) is 0 Å². The first-order valence-electron chi connectivity index (χ1n) is 12.5. The van der Waals surface area contributed by atoms with E-state index in [1.165, 1.54) is 12.3 Å². The van der Waals surface area contributed by atoms with E-state index in [0.717, 1.165) is 16.2 Å². The molecule has 0 aliphatic carbocycles. The lowest BCUT2D eigenvalue weighted by atomic mass is 9.78. The standard InChI is InChI=1S/C27H30N4O7S2/c1-4-40(35,36)21-16-39-25(29-21)27(24(28)33,17(2)18-8-6-5-7-9-18)31-23(32)22(30-26(31)34)19-10-12-20(13-11-19)38-15-14-37-3/h5-13,16-17,22H,4,14-15H2,1-3H3,(H2,28,33)(H,30,34)/t17?,22-,27?/m1/s1. The Morgan fingerprint density at radius 1 is 1.15 bits per heavy atom. The third-order valence-corrected chi connectivity index (χ3v) is 9.59. The van der Waals surface area contributed by atoms with Crippen molar-refractivity contribution in [2.24, 2.45) is 5.73 Å². The molecule has 1 aromatic heterocycles. The number of thiazole rings is 1. The van der Waals surface area contributed by atoms with Gasteiger partial charge in [-0.25, -0.2) is 23.1 Å². The number of nitrogens with one attached hydrogen (secondary N) is 1. The van der Waals surface area contributed by atoms with E-state index in [1.54, 1.807) is 68.6 Å². The van der Waals surface area contributed by atoms with Gasteiger partial charge in [0.15, 0.2) is 20.4 Å². The Balaban J connectivity index is 1.81. The van der Waals surface area contributed by atoms with Crippen LogP contribution in [0.15, 0.2) is 65.0 Å². The van der Waals surface area contributed by atoms with Gasteiger partial charge in [-0.05, 0) is 23.3 Å². The number of amides is 4.